The van der Waals surface area contributed by atoms with Gasteiger partial charge in [-0.3, -0.25) is 14.7 Å². The van der Waals surface area contributed by atoms with E-state index in [9.17, 15) is 4.79 Å². The van der Waals surface area contributed by atoms with Crippen molar-refractivity contribution in [3.05, 3.63) is 65.1 Å². The molecule has 4 heterocycles. The zero-order valence-corrected chi connectivity index (χ0v) is 18.7. The van der Waals surface area contributed by atoms with Crippen LogP contribution in [-0.4, -0.2) is 45.2 Å². The van der Waals surface area contributed by atoms with Crippen LogP contribution in [0.1, 0.15) is 60.2 Å². The first-order valence-electron chi connectivity index (χ1n) is 11.7. The fourth-order valence-electron chi connectivity index (χ4n) is 5.51. The average molecular weight is 434 g/mol. The molecule has 2 unspecified atom stereocenters. The second-order valence-electron chi connectivity index (χ2n) is 9.07. The van der Waals surface area contributed by atoms with Crippen molar-refractivity contribution in [3.8, 4) is 0 Å². The number of hydrogen-bond acceptors (Lipinski definition) is 4. The number of aryl methyl sites for hydroxylation is 1. The van der Waals surface area contributed by atoms with E-state index in [-0.39, 0.29) is 12.5 Å². The Labute approximate surface area is 188 Å². The van der Waals surface area contributed by atoms with Gasteiger partial charge in [0.05, 0.1) is 6.54 Å². The molecule has 2 aliphatic heterocycles. The average Bonchev–Trinajstić information content (AvgIpc) is 3.38. The van der Waals surface area contributed by atoms with Crippen molar-refractivity contribution in [2.24, 2.45) is 0 Å². The standard InChI is InChI=1S/C26H31N3O3/c1-18-6-7-21-20(16-18)26-22-4-2-13-28(22)14-10-23(26)29(21)17-24(19-8-11-27-12-9-19)32-15-3-5-25(30)31/h6-9,11-12,16,22,24H,2-5,10,13-15,17H2,1H3,(H,30,31). The molecule has 1 saturated heterocycles. The molecule has 3 aromatic rings. The lowest BCUT2D eigenvalue weighted by Crippen LogP contribution is -2.31. The highest BCUT2D eigenvalue weighted by Gasteiger charge is 2.35. The number of carboxylic acid groups (broad SMARTS) is 1. The van der Waals surface area contributed by atoms with E-state index in [1.807, 2.05) is 12.1 Å². The lowest BCUT2D eigenvalue weighted by molar-refractivity contribution is -0.137. The molecular weight excluding hydrogens is 402 g/mol. The minimum Gasteiger partial charge on any atom is -0.481 e. The molecule has 0 spiro atoms. The number of fused-ring (bicyclic) bond motifs is 5. The molecule has 1 N–H and O–H groups in total. The number of pyridine rings is 1. The molecule has 168 valence electrons. The predicted molar refractivity (Wildman–Crippen MR) is 124 cm³/mol. The van der Waals surface area contributed by atoms with Gasteiger partial charge in [0.1, 0.15) is 6.10 Å². The minimum atomic E-state index is -0.781. The van der Waals surface area contributed by atoms with Crippen molar-refractivity contribution in [1.82, 2.24) is 14.5 Å². The summed E-state index contributed by atoms with van der Waals surface area (Å²) in [5.41, 5.74) is 6.62. The lowest BCUT2D eigenvalue weighted by Gasteiger charge is -2.31. The van der Waals surface area contributed by atoms with Gasteiger partial charge in [-0.05, 0) is 68.1 Å². The second kappa shape index (κ2) is 9.04. The van der Waals surface area contributed by atoms with Crippen LogP contribution in [-0.2, 0) is 22.5 Å². The van der Waals surface area contributed by atoms with Gasteiger partial charge in [0, 0.05) is 61.0 Å². The van der Waals surface area contributed by atoms with Crippen molar-refractivity contribution < 1.29 is 14.6 Å². The summed E-state index contributed by atoms with van der Waals surface area (Å²) < 4.78 is 8.75. The summed E-state index contributed by atoms with van der Waals surface area (Å²) in [5, 5.41) is 10.4. The number of benzene rings is 1. The third-order valence-electron chi connectivity index (χ3n) is 6.98. The Morgan fingerprint density at radius 1 is 1.25 bits per heavy atom. The van der Waals surface area contributed by atoms with Crippen LogP contribution in [0.3, 0.4) is 0 Å². The van der Waals surface area contributed by atoms with E-state index < -0.39 is 5.97 Å². The molecule has 5 rings (SSSR count). The summed E-state index contributed by atoms with van der Waals surface area (Å²) in [6.45, 7) is 5.64. The molecule has 6 heteroatoms. The van der Waals surface area contributed by atoms with E-state index in [4.69, 9.17) is 9.84 Å². The number of hydrogen-bond donors (Lipinski definition) is 1. The molecule has 0 aliphatic carbocycles. The summed E-state index contributed by atoms with van der Waals surface area (Å²) in [4.78, 5) is 17.7. The highest BCUT2D eigenvalue weighted by atomic mass is 16.5. The van der Waals surface area contributed by atoms with E-state index in [0.717, 1.165) is 25.1 Å². The van der Waals surface area contributed by atoms with Gasteiger partial charge in [0.2, 0.25) is 0 Å². The monoisotopic (exact) mass is 433 g/mol. The van der Waals surface area contributed by atoms with Crippen LogP contribution in [0, 0.1) is 6.92 Å². The number of ether oxygens (including phenoxy) is 1. The molecule has 32 heavy (non-hydrogen) atoms. The topological polar surface area (TPSA) is 67.6 Å². The molecule has 6 nitrogen and oxygen atoms in total. The summed E-state index contributed by atoms with van der Waals surface area (Å²) >= 11 is 0. The molecule has 2 atom stereocenters. The number of nitrogens with zero attached hydrogens (tertiary/aromatic N) is 3. The maximum Gasteiger partial charge on any atom is 0.303 e. The van der Waals surface area contributed by atoms with Crippen LogP contribution >= 0.6 is 0 Å². The summed E-state index contributed by atoms with van der Waals surface area (Å²) in [5.74, 6) is -0.781. The number of carboxylic acids is 1. The number of carbonyl (C=O) groups is 1. The Morgan fingerprint density at radius 3 is 2.91 bits per heavy atom. The zero-order valence-electron chi connectivity index (χ0n) is 18.7. The van der Waals surface area contributed by atoms with Crippen molar-refractivity contribution >= 4 is 16.9 Å². The lowest BCUT2D eigenvalue weighted by atomic mass is 9.95. The molecule has 1 fully saturated rings. The number of aromatic nitrogens is 2. The summed E-state index contributed by atoms with van der Waals surface area (Å²) in [6, 6.07) is 11.3. The first-order chi connectivity index (χ1) is 15.6. The van der Waals surface area contributed by atoms with Gasteiger partial charge in [-0.1, -0.05) is 11.6 Å². The molecule has 0 bridgehead atoms. The SMILES string of the molecule is Cc1ccc2c(c1)c1c(n2CC(OCCCC(=O)O)c2ccncc2)CCN2CCCC12. The Kier molecular flexibility index (Phi) is 5.98. The van der Waals surface area contributed by atoms with Crippen molar-refractivity contribution in [2.75, 3.05) is 19.7 Å². The quantitative estimate of drug-likeness (QED) is 0.523. The molecule has 0 radical (unpaired) electrons. The molecule has 0 amide bonds. The van der Waals surface area contributed by atoms with Crippen molar-refractivity contribution in [2.45, 2.75) is 57.7 Å². The molecule has 2 aliphatic rings. The van der Waals surface area contributed by atoms with E-state index >= 15 is 0 Å². The maximum absolute atomic E-state index is 10.9. The third kappa shape index (κ3) is 4.05. The Balaban J connectivity index is 1.52. The van der Waals surface area contributed by atoms with Crippen LogP contribution in [0.2, 0.25) is 0 Å². The fourth-order valence-corrected chi connectivity index (χ4v) is 5.51. The Morgan fingerprint density at radius 2 is 2.09 bits per heavy atom. The van der Waals surface area contributed by atoms with Crippen LogP contribution in [0.5, 0.6) is 0 Å². The molecule has 1 aromatic carbocycles. The molecule has 0 saturated carbocycles. The highest BCUT2D eigenvalue weighted by molar-refractivity contribution is 5.87. The smallest absolute Gasteiger partial charge is 0.303 e. The van der Waals surface area contributed by atoms with Gasteiger partial charge in [0.15, 0.2) is 0 Å². The molecular formula is C26H31N3O3. The van der Waals surface area contributed by atoms with E-state index in [2.05, 4.69) is 39.6 Å². The predicted octanol–water partition coefficient (Wildman–Crippen LogP) is 4.66. The second-order valence-corrected chi connectivity index (χ2v) is 9.07. The fraction of sp³-hybridized carbons (Fsp3) is 0.462. The third-order valence-corrected chi connectivity index (χ3v) is 6.98. The summed E-state index contributed by atoms with van der Waals surface area (Å²) in [6.07, 6.45) is 7.65. The summed E-state index contributed by atoms with van der Waals surface area (Å²) in [7, 11) is 0. The van der Waals surface area contributed by atoms with Crippen LogP contribution in [0.4, 0.5) is 0 Å². The van der Waals surface area contributed by atoms with Crippen LogP contribution in [0.15, 0.2) is 42.7 Å². The highest BCUT2D eigenvalue weighted by Crippen LogP contribution is 2.43. The zero-order chi connectivity index (χ0) is 22.1. The van der Waals surface area contributed by atoms with Gasteiger partial charge < -0.3 is 14.4 Å². The van der Waals surface area contributed by atoms with E-state index in [1.54, 1.807) is 12.4 Å². The number of aliphatic carboxylic acids is 1. The van der Waals surface area contributed by atoms with Gasteiger partial charge in [-0.2, -0.15) is 0 Å². The van der Waals surface area contributed by atoms with Gasteiger partial charge >= 0.3 is 5.97 Å². The van der Waals surface area contributed by atoms with Crippen LogP contribution < -0.4 is 0 Å². The Hall–Kier alpha value is -2.70. The van der Waals surface area contributed by atoms with Crippen molar-refractivity contribution in [3.63, 3.8) is 0 Å². The van der Waals surface area contributed by atoms with Gasteiger partial charge in [-0.15, -0.1) is 0 Å². The largest absolute Gasteiger partial charge is 0.481 e. The first-order valence-corrected chi connectivity index (χ1v) is 11.7. The normalized spacial score (nSPS) is 19.1. The first kappa shape index (κ1) is 21.2. The van der Waals surface area contributed by atoms with Crippen LogP contribution in [0.25, 0.3) is 10.9 Å². The maximum atomic E-state index is 10.9. The van der Waals surface area contributed by atoms with E-state index in [0.29, 0.717) is 19.1 Å². The molecule has 2 aromatic heterocycles. The Bertz CT molecular complexity index is 1110. The minimum absolute atomic E-state index is 0.127. The number of rotatable bonds is 8. The van der Waals surface area contributed by atoms with Gasteiger partial charge in [-0.25, -0.2) is 0 Å². The van der Waals surface area contributed by atoms with Gasteiger partial charge in [0.25, 0.3) is 0 Å². The van der Waals surface area contributed by atoms with Crippen molar-refractivity contribution in [1.29, 1.82) is 0 Å². The van der Waals surface area contributed by atoms with E-state index in [1.165, 1.54) is 47.1 Å².